The standard InChI is InChI=1S/C16H25N3O/c1-2-18-15-12-17-11-10-14(15)16(20)19-13-8-6-4-3-5-7-9-13/h10-13,18H,2-9H2,1H3,(H,19,20). The molecule has 1 amide bonds. The van der Waals surface area contributed by atoms with Crippen LogP contribution in [0.4, 0.5) is 5.69 Å². The first-order valence-electron chi connectivity index (χ1n) is 7.80. The molecule has 0 aliphatic heterocycles. The Balaban J connectivity index is 1.99. The summed E-state index contributed by atoms with van der Waals surface area (Å²) in [5.41, 5.74) is 1.52. The van der Waals surface area contributed by atoms with Crippen LogP contribution in [0.3, 0.4) is 0 Å². The fourth-order valence-corrected chi connectivity index (χ4v) is 2.79. The minimum Gasteiger partial charge on any atom is -0.383 e. The second-order valence-corrected chi connectivity index (χ2v) is 5.47. The average molecular weight is 275 g/mol. The van der Waals surface area contributed by atoms with Crippen molar-refractivity contribution in [3.63, 3.8) is 0 Å². The highest BCUT2D eigenvalue weighted by molar-refractivity contribution is 5.99. The molecule has 1 aliphatic rings. The Hall–Kier alpha value is -1.58. The number of carbonyl (C=O) groups is 1. The summed E-state index contributed by atoms with van der Waals surface area (Å²) in [6.45, 7) is 2.80. The number of nitrogens with zero attached hydrogens (tertiary/aromatic N) is 1. The van der Waals surface area contributed by atoms with E-state index in [-0.39, 0.29) is 5.91 Å². The van der Waals surface area contributed by atoms with E-state index in [2.05, 4.69) is 15.6 Å². The van der Waals surface area contributed by atoms with Gasteiger partial charge in [-0.3, -0.25) is 9.78 Å². The van der Waals surface area contributed by atoms with E-state index in [4.69, 9.17) is 0 Å². The maximum absolute atomic E-state index is 12.4. The zero-order valence-electron chi connectivity index (χ0n) is 12.3. The van der Waals surface area contributed by atoms with Gasteiger partial charge in [-0.05, 0) is 25.8 Å². The average Bonchev–Trinajstić information content (AvgIpc) is 2.42. The maximum atomic E-state index is 12.4. The summed E-state index contributed by atoms with van der Waals surface area (Å²) in [4.78, 5) is 16.5. The van der Waals surface area contributed by atoms with Crippen molar-refractivity contribution < 1.29 is 4.79 Å². The molecule has 4 nitrogen and oxygen atoms in total. The van der Waals surface area contributed by atoms with Crippen molar-refractivity contribution >= 4 is 11.6 Å². The lowest BCUT2D eigenvalue weighted by Crippen LogP contribution is -2.35. The third kappa shape index (κ3) is 4.22. The highest BCUT2D eigenvalue weighted by atomic mass is 16.1. The van der Waals surface area contributed by atoms with Gasteiger partial charge in [-0.25, -0.2) is 0 Å². The molecule has 20 heavy (non-hydrogen) atoms. The number of nitrogens with one attached hydrogen (secondary N) is 2. The molecule has 4 heteroatoms. The Morgan fingerprint density at radius 2 is 1.95 bits per heavy atom. The van der Waals surface area contributed by atoms with Crippen molar-refractivity contribution in [1.29, 1.82) is 0 Å². The van der Waals surface area contributed by atoms with Crippen molar-refractivity contribution in [1.82, 2.24) is 10.3 Å². The summed E-state index contributed by atoms with van der Waals surface area (Å²) in [5.74, 6) is 0.0222. The molecule has 0 spiro atoms. The smallest absolute Gasteiger partial charge is 0.253 e. The van der Waals surface area contributed by atoms with Gasteiger partial charge >= 0.3 is 0 Å². The molecule has 2 rings (SSSR count). The summed E-state index contributed by atoms with van der Waals surface area (Å²) in [7, 11) is 0. The molecule has 1 saturated carbocycles. The lowest BCUT2D eigenvalue weighted by atomic mass is 9.96. The monoisotopic (exact) mass is 275 g/mol. The van der Waals surface area contributed by atoms with Crippen molar-refractivity contribution in [2.24, 2.45) is 0 Å². The van der Waals surface area contributed by atoms with Crippen LogP contribution in [0.5, 0.6) is 0 Å². The second kappa shape index (κ2) is 7.88. The first-order valence-corrected chi connectivity index (χ1v) is 7.80. The Morgan fingerprint density at radius 1 is 1.25 bits per heavy atom. The number of hydrogen-bond donors (Lipinski definition) is 2. The fraction of sp³-hybridized carbons (Fsp3) is 0.625. The van der Waals surface area contributed by atoms with Gasteiger partial charge in [-0.15, -0.1) is 0 Å². The van der Waals surface area contributed by atoms with Gasteiger partial charge in [0.15, 0.2) is 0 Å². The molecule has 1 heterocycles. The Morgan fingerprint density at radius 3 is 2.65 bits per heavy atom. The van der Waals surface area contributed by atoms with Crippen LogP contribution >= 0.6 is 0 Å². The molecular weight excluding hydrogens is 250 g/mol. The van der Waals surface area contributed by atoms with E-state index in [1.165, 1.54) is 32.1 Å². The fourth-order valence-electron chi connectivity index (χ4n) is 2.79. The van der Waals surface area contributed by atoms with E-state index in [9.17, 15) is 4.79 Å². The van der Waals surface area contributed by atoms with Crippen molar-refractivity contribution in [3.05, 3.63) is 24.0 Å². The van der Waals surface area contributed by atoms with Crippen LogP contribution in [0, 0.1) is 0 Å². The number of carbonyl (C=O) groups excluding carboxylic acids is 1. The minimum atomic E-state index is 0.0222. The van der Waals surface area contributed by atoms with Crippen molar-refractivity contribution in [2.75, 3.05) is 11.9 Å². The number of amides is 1. The molecular formula is C16H25N3O. The van der Waals surface area contributed by atoms with Crippen LogP contribution in [-0.4, -0.2) is 23.5 Å². The summed E-state index contributed by atoms with van der Waals surface area (Å²) < 4.78 is 0. The number of aromatic nitrogens is 1. The van der Waals surface area contributed by atoms with Gasteiger partial charge in [-0.2, -0.15) is 0 Å². The first-order chi connectivity index (χ1) is 9.81. The largest absolute Gasteiger partial charge is 0.383 e. The molecule has 0 unspecified atom stereocenters. The van der Waals surface area contributed by atoms with Gasteiger partial charge < -0.3 is 10.6 Å². The van der Waals surface area contributed by atoms with E-state index in [1.54, 1.807) is 18.5 Å². The molecule has 0 radical (unpaired) electrons. The summed E-state index contributed by atoms with van der Waals surface area (Å²) in [6.07, 6.45) is 12.0. The number of rotatable bonds is 4. The van der Waals surface area contributed by atoms with Crippen LogP contribution in [-0.2, 0) is 0 Å². The molecule has 0 bridgehead atoms. The summed E-state index contributed by atoms with van der Waals surface area (Å²) in [5, 5.41) is 6.39. The van der Waals surface area contributed by atoms with Crippen LogP contribution in [0.1, 0.15) is 62.2 Å². The normalized spacial score (nSPS) is 17.1. The topological polar surface area (TPSA) is 54.0 Å². The van der Waals surface area contributed by atoms with Gasteiger partial charge in [0.2, 0.25) is 0 Å². The van der Waals surface area contributed by atoms with Gasteiger partial charge in [0.1, 0.15) is 0 Å². The van der Waals surface area contributed by atoms with Gasteiger partial charge in [-0.1, -0.05) is 32.1 Å². The van der Waals surface area contributed by atoms with Gasteiger partial charge in [0.25, 0.3) is 5.91 Å². The minimum absolute atomic E-state index is 0.0222. The highest BCUT2D eigenvalue weighted by Gasteiger charge is 2.17. The predicted molar refractivity (Wildman–Crippen MR) is 82.0 cm³/mol. The summed E-state index contributed by atoms with van der Waals surface area (Å²) >= 11 is 0. The summed E-state index contributed by atoms with van der Waals surface area (Å²) in [6, 6.07) is 2.11. The second-order valence-electron chi connectivity index (χ2n) is 5.47. The molecule has 2 N–H and O–H groups in total. The van der Waals surface area contributed by atoms with Crippen molar-refractivity contribution in [2.45, 2.75) is 57.9 Å². The van der Waals surface area contributed by atoms with Gasteiger partial charge in [0, 0.05) is 18.8 Å². The molecule has 110 valence electrons. The zero-order valence-corrected chi connectivity index (χ0v) is 12.3. The van der Waals surface area contributed by atoms with Crippen LogP contribution < -0.4 is 10.6 Å². The van der Waals surface area contributed by atoms with E-state index in [0.29, 0.717) is 11.6 Å². The number of anilines is 1. The Bertz CT molecular complexity index is 425. The van der Waals surface area contributed by atoms with Crippen LogP contribution in [0.15, 0.2) is 18.5 Å². The van der Waals surface area contributed by atoms with E-state index >= 15 is 0 Å². The molecule has 1 aliphatic carbocycles. The number of pyridine rings is 1. The van der Waals surface area contributed by atoms with E-state index < -0.39 is 0 Å². The molecule has 1 aromatic rings. The first kappa shape index (κ1) is 14.8. The molecule has 0 saturated heterocycles. The van der Waals surface area contributed by atoms with E-state index in [0.717, 1.165) is 25.1 Å². The maximum Gasteiger partial charge on any atom is 0.253 e. The number of hydrogen-bond acceptors (Lipinski definition) is 3. The van der Waals surface area contributed by atoms with Crippen LogP contribution in [0.2, 0.25) is 0 Å². The van der Waals surface area contributed by atoms with Crippen molar-refractivity contribution in [3.8, 4) is 0 Å². The molecule has 1 fully saturated rings. The predicted octanol–water partition coefficient (Wildman–Crippen LogP) is 3.36. The SMILES string of the molecule is CCNc1cnccc1C(=O)NC1CCCCCCC1. The Labute approximate surface area is 121 Å². The highest BCUT2D eigenvalue weighted by Crippen LogP contribution is 2.19. The molecule has 1 aromatic heterocycles. The quantitative estimate of drug-likeness (QED) is 0.886. The van der Waals surface area contributed by atoms with Gasteiger partial charge in [0.05, 0.1) is 17.4 Å². The van der Waals surface area contributed by atoms with E-state index in [1.807, 2.05) is 6.92 Å². The molecule has 0 atom stereocenters. The zero-order chi connectivity index (χ0) is 14.2. The Kier molecular flexibility index (Phi) is 5.84. The van der Waals surface area contributed by atoms with Crippen LogP contribution in [0.25, 0.3) is 0 Å². The third-order valence-corrected chi connectivity index (χ3v) is 3.87. The lowest BCUT2D eigenvalue weighted by Gasteiger charge is -2.21. The molecule has 0 aromatic carbocycles. The third-order valence-electron chi connectivity index (χ3n) is 3.87. The lowest BCUT2D eigenvalue weighted by molar-refractivity contribution is 0.0931.